The van der Waals surface area contributed by atoms with Gasteiger partial charge in [-0.2, -0.15) is 0 Å². The summed E-state index contributed by atoms with van der Waals surface area (Å²) in [6.45, 7) is 9.53. The van der Waals surface area contributed by atoms with E-state index in [1.54, 1.807) is 0 Å². The van der Waals surface area contributed by atoms with Gasteiger partial charge in [0.25, 0.3) is 0 Å². The van der Waals surface area contributed by atoms with Crippen molar-refractivity contribution in [2.45, 2.75) is 88.5 Å². The Morgan fingerprint density at radius 1 is 0.929 bits per heavy atom. The molecular formula is C23H39N5. The summed E-state index contributed by atoms with van der Waals surface area (Å²) >= 11 is 0. The molecule has 3 fully saturated rings. The van der Waals surface area contributed by atoms with Gasteiger partial charge in [-0.1, -0.05) is 37.8 Å². The number of hydrogen-bond donors (Lipinski definition) is 4. The molecule has 0 radical (unpaired) electrons. The number of fused-ring (bicyclic) bond motifs is 4. The van der Waals surface area contributed by atoms with Gasteiger partial charge in [-0.05, 0) is 32.6 Å². The van der Waals surface area contributed by atoms with Gasteiger partial charge in [0, 0.05) is 49.8 Å². The molecule has 4 aliphatic rings. The molecule has 5 nitrogen and oxygen atoms in total. The second kappa shape index (κ2) is 9.57. The van der Waals surface area contributed by atoms with Gasteiger partial charge in [-0.15, -0.1) is 6.08 Å². The van der Waals surface area contributed by atoms with Crippen molar-refractivity contribution in [3.8, 4) is 0 Å². The van der Waals surface area contributed by atoms with Crippen LogP contribution in [0.3, 0.4) is 0 Å². The molecule has 2 saturated carbocycles. The highest BCUT2D eigenvalue weighted by Gasteiger charge is 2.30. The first kappa shape index (κ1) is 20.1. The molecule has 0 unspecified atom stereocenters. The summed E-state index contributed by atoms with van der Waals surface area (Å²) < 4.78 is 2.14. The van der Waals surface area contributed by atoms with Crippen molar-refractivity contribution >= 4 is 6.72 Å². The normalized spacial score (nSPS) is 37.9. The molecule has 0 aromatic carbocycles. The highest BCUT2D eigenvalue weighted by molar-refractivity contribution is 5.28. The van der Waals surface area contributed by atoms with Crippen molar-refractivity contribution in [3.05, 3.63) is 30.0 Å². The molecule has 2 heterocycles. The van der Waals surface area contributed by atoms with Crippen LogP contribution in [-0.2, 0) is 0 Å². The van der Waals surface area contributed by atoms with E-state index in [0.29, 0.717) is 30.2 Å². The predicted molar refractivity (Wildman–Crippen MR) is 117 cm³/mol. The first-order chi connectivity index (χ1) is 13.7. The molecule has 5 heteroatoms. The standard InChI is InChI=1S/C23H39N5/c1-17-14-24-20-10-3-4-11-21(20)25-15-18-8-7-9-19(28(18)2)16-26-22-12-5-6-13-23(22)27-17/h7-9,17,20-27H,2-6,10-16H2,1H3/t17-,20-,21-,22-,23-/m1/s1. The second-order valence-corrected chi connectivity index (χ2v) is 9.17. The zero-order valence-corrected chi connectivity index (χ0v) is 17.6. The zero-order chi connectivity index (χ0) is 19.3. The fraction of sp³-hybridized carbons (Fsp3) is 0.739. The van der Waals surface area contributed by atoms with Gasteiger partial charge in [0.15, 0.2) is 0 Å². The van der Waals surface area contributed by atoms with E-state index in [9.17, 15) is 0 Å². The maximum absolute atomic E-state index is 4.36. The van der Waals surface area contributed by atoms with Gasteiger partial charge in [0.1, 0.15) is 11.7 Å². The minimum absolute atomic E-state index is 0.499. The summed E-state index contributed by atoms with van der Waals surface area (Å²) in [4.78, 5) is 0. The molecular weight excluding hydrogens is 346 g/mol. The van der Waals surface area contributed by atoms with Crippen LogP contribution in [0.2, 0.25) is 0 Å². The molecule has 2 aliphatic carbocycles. The Bertz CT molecular complexity index is 598. The van der Waals surface area contributed by atoms with Crippen molar-refractivity contribution in [1.29, 1.82) is 0 Å². The highest BCUT2D eigenvalue weighted by atomic mass is 15.1. The topological polar surface area (TPSA) is 51.1 Å². The van der Waals surface area contributed by atoms with Gasteiger partial charge in [-0.25, -0.2) is 0 Å². The summed E-state index contributed by atoms with van der Waals surface area (Å²) in [5.41, 5.74) is 1.27. The number of rotatable bonds is 0. The minimum Gasteiger partial charge on any atom is -0.311 e. The van der Waals surface area contributed by atoms with Gasteiger partial charge in [0.05, 0.1) is 6.72 Å². The third-order valence-corrected chi connectivity index (χ3v) is 7.08. The number of hydrogen-bond acceptors (Lipinski definition) is 4. The molecule has 0 amide bonds. The fourth-order valence-corrected chi connectivity index (χ4v) is 5.36. The molecule has 1 saturated heterocycles. The first-order valence-electron chi connectivity index (χ1n) is 11.5. The molecule has 5 atom stereocenters. The molecule has 0 aromatic heterocycles. The highest BCUT2D eigenvalue weighted by Crippen LogP contribution is 2.23. The van der Waals surface area contributed by atoms with Crippen LogP contribution in [0.25, 0.3) is 0 Å². The molecule has 28 heavy (non-hydrogen) atoms. The molecule has 0 spiro atoms. The number of nitrogens with zero attached hydrogens (tertiary/aromatic N) is 1. The van der Waals surface area contributed by atoms with Crippen LogP contribution in [-0.4, -0.2) is 61.1 Å². The predicted octanol–water partition coefficient (Wildman–Crippen LogP) is 2.07. The van der Waals surface area contributed by atoms with E-state index in [1.165, 1.54) is 63.1 Å². The lowest BCUT2D eigenvalue weighted by Crippen LogP contribution is -2.56. The molecule has 4 N–H and O–H groups in total. The average molecular weight is 386 g/mol. The molecule has 2 bridgehead atoms. The van der Waals surface area contributed by atoms with E-state index in [1.807, 2.05) is 0 Å². The Hall–Kier alpha value is -1.14. The second-order valence-electron chi connectivity index (χ2n) is 9.17. The van der Waals surface area contributed by atoms with Crippen molar-refractivity contribution < 1.29 is 4.58 Å². The van der Waals surface area contributed by atoms with Crippen LogP contribution in [0.5, 0.6) is 0 Å². The summed E-state index contributed by atoms with van der Waals surface area (Å²) in [5.74, 6) is 0. The molecule has 0 aromatic rings. The van der Waals surface area contributed by atoms with Crippen LogP contribution in [0.1, 0.15) is 58.3 Å². The zero-order valence-electron chi connectivity index (χ0n) is 17.6. The van der Waals surface area contributed by atoms with Crippen LogP contribution in [0, 0.1) is 6.04 Å². The van der Waals surface area contributed by atoms with E-state index in [-0.39, 0.29) is 0 Å². The number of allylic oxidation sites excluding steroid dienone is 2. The lowest BCUT2D eigenvalue weighted by atomic mass is 9.89. The largest absolute Gasteiger partial charge is 0.311 e. The van der Waals surface area contributed by atoms with E-state index in [2.05, 4.69) is 57.7 Å². The lowest BCUT2D eigenvalue weighted by molar-refractivity contribution is -0.447. The fourth-order valence-electron chi connectivity index (χ4n) is 5.36. The molecule has 156 valence electrons. The van der Waals surface area contributed by atoms with E-state index in [0.717, 1.165) is 19.6 Å². The Labute approximate surface area is 171 Å². The van der Waals surface area contributed by atoms with Crippen LogP contribution in [0.4, 0.5) is 0 Å². The van der Waals surface area contributed by atoms with E-state index < -0.39 is 0 Å². The van der Waals surface area contributed by atoms with Gasteiger partial charge >= 0.3 is 0 Å². The smallest absolute Gasteiger partial charge is 0.113 e. The quantitative estimate of drug-likeness (QED) is 0.381. The SMILES string of the molecule is C=[N+]1C2=CC=C[C-]1CN[C@@H]1CCCC[C@H]1N[C@H](C)CN[C@@H]1CCCC[C@H]1NC2. The summed E-state index contributed by atoms with van der Waals surface area (Å²) in [6, 6.07) is 4.01. The summed E-state index contributed by atoms with van der Waals surface area (Å²) in [7, 11) is 0. The average Bonchev–Trinajstić information content (AvgIpc) is 2.72. The molecule has 4 rings (SSSR count). The Balaban J connectivity index is 1.50. The maximum Gasteiger partial charge on any atom is 0.113 e. The van der Waals surface area contributed by atoms with Gasteiger partial charge in [-0.3, -0.25) is 4.58 Å². The van der Waals surface area contributed by atoms with Gasteiger partial charge < -0.3 is 21.3 Å². The Morgan fingerprint density at radius 3 is 2.32 bits per heavy atom. The summed E-state index contributed by atoms with van der Waals surface area (Å²) in [5, 5.41) is 15.5. The van der Waals surface area contributed by atoms with Crippen molar-refractivity contribution in [3.63, 3.8) is 0 Å². The number of nitrogens with one attached hydrogen (secondary N) is 4. The van der Waals surface area contributed by atoms with E-state index in [4.69, 9.17) is 0 Å². The Morgan fingerprint density at radius 2 is 1.57 bits per heavy atom. The van der Waals surface area contributed by atoms with E-state index >= 15 is 0 Å². The van der Waals surface area contributed by atoms with Crippen molar-refractivity contribution in [1.82, 2.24) is 21.3 Å². The van der Waals surface area contributed by atoms with Crippen molar-refractivity contribution in [2.24, 2.45) is 0 Å². The van der Waals surface area contributed by atoms with Crippen LogP contribution < -0.4 is 21.3 Å². The van der Waals surface area contributed by atoms with Crippen LogP contribution >= 0.6 is 0 Å². The third kappa shape index (κ3) is 4.88. The van der Waals surface area contributed by atoms with Gasteiger partial charge in [0.2, 0.25) is 0 Å². The molecule has 2 aliphatic heterocycles. The van der Waals surface area contributed by atoms with Crippen molar-refractivity contribution in [2.75, 3.05) is 19.6 Å². The monoisotopic (exact) mass is 385 g/mol. The maximum atomic E-state index is 4.36. The summed E-state index contributed by atoms with van der Waals surface area (Å²) in [6.07, 6.45) is 17.0. The third-order valence-electron chi connectivity index (χ3n) is 7.08. The Kier molecular flexibility index (Phi) is 6.89. The minimum atomic E-state index is 0.499. The first-order valence-corrected chi connectivity index (χ1v) is 11.5. The lowest BCUT2D eigenvalue weighted by Gasteiger charge is -2.37. The van der Waals surface area contributed by atoms with Crippen LogP contribution in [0.15, 0.2) is 23.9 Å².